The largest absolute Gasteiger partial charge is 0.508 e. The molecule has 0 aliphatic carbocycles. The fourth-order valence-electron chi connectivity index (χ4n) is 2.80. The number of halogens is 1. The first-order chi connectivity index (χ1) is 12.5. The van der Waals surface area contributed by atoms with Crippen molar-refractivity contribution in [2.45, 2.75) is 20.4 Å². The van der Waals surface area contributed by atoms with Gasteiger partial charge >= 0.3 is 5.97 Å². The number of hydrogen-bond acceptors (Lipinski definition) is 4. The Morgan fingerprint density at radius 3 is 2.77 bits per heavy atom. The molecule has 0 bridgehead atoms. The second kappa shape index (κ2) is 7.62. The van der Waals surface area contributed by atoms with E-state index in [1.807, 2.05) is 23.6 Å². The van der Waals surface area contributed by atoms with Gasteiger partial charge in [-0.2, -0.15) is 0 Å². The number of imidazole rings is 1. The Bertz CT molecular complexity index is 992. The summed E-state index contributed by atoms with van der Waals surface area (Å²) in [5.74, 6) is 0.406. The van der Waals surface area contributed by atoms with Crippen molar-refractivity contribution >= 4 is 39.7 Å². The number of aromatic hydroxyl groups is 1. The zero-order valence-electron chi connectivity index (χ0n) is 14.6. The molecule has 26 heavy (non-hydrogen) atoms. The number of aryl methyl sites for hydroxylation is 1. The summed E-state index contributed by atoms with van der Waals surface area (Å²) >= 11 is 6.51. The van der Waals surface area contributed by atoms with Crippen LogP contribution in [0.25, 0.3) is 22.1 Å². The first-order valence-corrected chi connectivity index (χ1v) is 8.75. The number of rotatable bonds is 5. The van der Waals surface area contributed by atoms with Gasteiger partial charge in [0, 0.05) is 6.54 Å². The van der Waals surface area contributed by atoms with Crippen LogP contribution >= 0.6 is 11.6 Å². The van der Waals surface area contributed by atoms with Gasteiger partial charge in [0.1, 0.15) is 5.75 Å². The summed E-state index contributed by atoms with van der Waals surface area (Å²) in [5, 5.41) is 10.1. The molecule has 3 rings (SSSR count). The highest BCUT2D eigenvalue weighted by Crippen LogP contribution is 2.27. The standard InChI is InChI=1S/C20H19ClN2O3/c1-3-23-18-9-8-14(20(25)26-4-2)12-17(18)22-19(23)16(21)11-13-6-5-7-15(24)10-13/h5-12,24H,3-4H2,1-2H3/b16-11-. The van der Waals surface area contributed by atoms with E-state index in [1.165, 1.54) is 0 Å². The van der Waals surface area contributed by atoms with Gasteiger partial charge in [0.05, 0.1) is 28.2 Å². The number of carbonyl (C=O) groups is 1. The summed E-state index contributed by atoms with van der Waals surface area (Å²) in [7, 11) is 0. The first kappa shape index (κ1) is 18.0. The lowest BCUT2D eigenvalue weighted by atomic mass is 10.2. The van der Waals surface area contributed by atoms with Crippen LogP contribution in [-0.2, 0) is 11.3 Å². The third-order valence-electron chi connectivity index (χ3n) is 3.95. The van der Waals surface area contributed by atoms with Crippen molar-refractivity contribution in [2.24, 2.45) is 0 Å². The number of nitrogens with zero attached hydrogens (tertiary/aromatic N) is 2. The molecule has 0 spiro atoms. The molecule has 0 radical (unpaired) electrons. The second-order valence-corrected chi connectivity index (χ2v) is 6.10. The van der Waals surface area contributed by atoms with E-state index >= 15 is 0 Å². The molecule has 1 aromatic heterocycles. The van der Waals surface area contributed by atoms with Crippen LogP contribution in [0.2, 0.25) is 0 Å². The lowest BCUT2D eigenvalue weighted by molar-refractivity contribution is 0.0526. The Hall–Kier alpha value is -2.79. The number of fused-ring (bicyclic) bond motifs is 1. The summed E-state index contributed by atoms with van der Waals surface area (Å²) in [6, 6.07) is 12.1. The van der Waals surface area contributed by atoms with E-state index < -0.39 is 0 Å². The third kappa shape index (κ3) is 3.58. The molecule has 6 heteroatoms. The summed E-state index contributed by atoms with van der Waals surface area (Å²) in [6.07, 6.45) is 1.75. The van der Waals surface area contributed by atoms with Crippen LogP contribution in [0.3, 0.4) is 0 Å². The average Bonchev–Trinajstić information content (AvgIpc) is 2.99. The number of carbonyl (C=O) groups excluding carboxylic acids is 1. The fraction of sp³-hybridized carbons (Fsp3) is 0.200. The second-order valence-electron chi connectivity index (χ2n) is 5.69. The van der Waals surface area contributed by atoms with Gasteiger partial charge in [-0.25, -0.2) is 9.78 Å². The van der Waals surface area contributed by atoms with Crippen LogP contribution in [0.5, 0.6) is 5.75 Å². The molecule has 0 atom stereocenters. The zero-order chi connectivity index (χ0) is 18.7. The van der Waals surface area contributed by atoms with Gasteiger partial charge in [0.2, 0.25) is 0 Å². The Morgan fingerprint density at radius 2 is 2.08 bits per heavy atom. The highest BCUT2D eigenvalue weighted by atomic mass is 35.5. The molecule has 1 N–H and O–H groups in total. The first-order valence-electron chi connectivity index (χ1n) is 8.37. The lowest BCUT2D eigenvalue weighted by Crippen LogP contribution is -2.04. The Balaban J connectivity index is 2.06. The molecule has 1 heterocycles. The molecule has 5 nitrogen and oxygen atoms in total. The zero-order valence-corrected chi connectivity index (χ0v) is 15.3. The predicted molar refractivity (Wildman–Crippen MR) is 103 cm³/mol. The molecule has 134 valence electrons. The molecule has 3 aromatic rings. The Morgan fingerprint density at radius 1 is 1.27 bits per heavy atom. The van der Waals surface area contributed by atoms with Crippen LogP contribution in [-0.4, -0.2) is 27.2 Å². The number of esters is 1. The normalized spacial score (nSPS) is 11.7. The van der Waals surface area contributed by atoms with Gasteiger partial charge in [-0.3, -0.25) is 0 Å². The highest BCUT2D eigenvalue weighted by molar-refractivity contribution is 6.50. The average molecular weight is 371 g/mol. The molecule has 0 saturated carbocycles. The fourth-order valence-corrected chi connectivity index (χ4v) is 3.07. The number of hydrogen-bond donors (Lipinski definition) is 1. The van der Waals surface area contributed by atoms with E-state index in [1.54, 1.807) is 43.3 Å². The van der Waals surface area contributed by atoms with Crippen molar-refractivity contribution in [3.05, 3.63) is 59.4 Å². The van der Waals surface area contributed by atoms with Crippen molar-refractivity contribution in [1.82, 2.24) is 9.55 Å². The number of phenolic OH excluding ortho intramolecular Hbond substituents is 1. The van der Waals surface area contributed by atoms with Crippen LogP contribution in [0.1, 0.15) is 35.6 Å². The summed E-state index contributed by atoms with van der Waals surface area (Å²) in [6.45, 7) is 4.77. The van der Waals surface area contributed by atoms with E-state index in [-0.39, 0.29) is 11.7 Å². The van der Waals surface area contributed by atoms with Crippen molar-refractivity contribution < 1.29 is 14.6 Å². The molecule has 0 saturated heterocycles. The number of aromatic nitrogens is 2. The minimum atomic E-state index is -0.372. The molecule has 0 fully saturated rings. The van der Waals surface area contributed by atoms with Gasteiger partial charge < -0.3 is 14.4 Å². The quantitative estimate of drug-likeness (QED) is 0.662. The van der Waals surface area contributed by atoms with Crippen molar-refractivity contribution in [3.8, 4) is 5.75 Å². The highest BCUT2D eigenvalue weighted by Gasteiger charge is 2.15. The molecule has 0 aliphatic rings. The number of benzene rings is 2. The van der Waals surface area contributed by atoms with E-state index in [0.29, 0.717) is 35.1 Å². The van der Waals surface area contributed by atoms with Crippen molar-refractivity contribution in [3.63, 3.8) is 0 Å². The molecule has 0 aliphatic heterocycles. The predicted octanol–water partition coefficient (Wildman–Crippen LogP) is 4.68. The van der Waals surface area contributed by atoms with Crippen LogP contribution < -0.4 is 0 Å². The van der Waals surface area contributed by atoms with E-state index in [9.17, 15) is 9.90 Å². The van der Waals surface area contributed by atoms with E-state index in [2.05, 4.69) is 4.98 Å². The van der Waals surface area contributed by atoms with E-state index in [0.717, 1.165) is 11.1 Å². The van der Waals surface area contributed by atoms with E-state index in [4.69, 9.17) is 16.3 Å². The monoisotopic (exact) mass is 370 g/mol. The van der Waals surface area contributed by atoms with Gasteiger partial charge in [-0.05, 0) is 55.8 Å². The molecule has 2 aromatic carbocycles. The maximum absolute atomic E-state index is 11.9. The third-order valence-corrected chi connectivity index (χ3v) is 4.23. The Labute approximate surface area is 156 Å². The van der Waals surface area contributed by atoms with Gasteiger partial charge in [0.25, 0.3) is 0 Å². The molecular formula is C20H19ClN2O3. The number of ether oxygens (including phenoxy) is 1. The maximum Gasteiger partial charge on any atom is 0.338 e. The minimum Gasteiger partial charge on any atom is -0.508 e. The maximum atomic E-state index is 11.9. The SMILES string of the molecule is CCOC(=O)c1ccc2c(c1)nc(/C(Cl)=C/c1cccc(O)c1)n2CC. The number of phenols is 1. The summed E-state index contributed by atoms with van der Waals surface area (Å²) in [4.78, 5) is 16.5. The van der Waals surface area contributed by atoms with Crippen LogP contribution in [0.4, 0.5) is 0 Å². The minimum absolute atomic E-state index is 0.172. The lowest BCUT2D eigenvalue weighted by Gasteiger charge is -2.06. The van der Waals surface area contributed by atoms with Gasteiger partial charge in [-0.15, -0.1) is 0 Å². The summed E-state index contributed by atoms with van der Waals surface area (Å²) in [5.41, 5.74) is 2.80. The molecule has 0 unspecified atom stereocenters. The Kier molecular flexibility index (Phi) is 5.28. The van der Waals surface area contributed by atoms with Crippen LogP contribution in [0, 0.1) is 0 Å². The van der Waals surface area contributed by atoms with Gasteiger partial charge in [0.15, 0.2) is 5.82 Å². The van der Waals surface area contributed by atoms with Crippen molar-refractivity contribution in [1.29, 1.82) is 0 Å². The summed E-state index contributed by atoms with van der Waals surface area (Å²) < 4.78 is 7.02. The molecular weight excluding hydrogens is 352 g/mol. The van der Waals surface area contributed by atoms with Crippen molar-refractivity contribution in [2.75, 3.05) is 6.61 Å². The topological polar surface area (TPSA) is 64.3 Å². The van der Waals surface area contributed by atoms with Crippen LogP contribution in [0.15, 0.2) is 42.5 Å². The smallest absolute Gasteiger partial charge is 0.338 e. The van der Waals surface area contributed by atoms with Gasteiger partial charge in [-0.1, -0.05) is 23.7 Å². The molecule has 0 amide bonds.